The minimum atomic E-state index is 0.449. The maximum atomic E-state index is 10.9. The van der Waals surface area contributed by atoms with Crippen LogP contribution in [0.5, 0.6) is 0 Å². The van der Waals surface area contributed by atoms with Gasteiger partial charge >= 0.3 is 0 Å². The van der Waals surface area contributed by atoms with Gasteiger partial charge in [-0.05, 0) is 23.0 Å². The Labute approximate surface area is 84.5 Å². The summed E-state index contributed by atoms with van der Waals surface area (Å²) in [4.78, 5) is 10.9. The molecule has 1 aromatic rings. The highest BCUT2D eigenvalue weighted by Crippen LogP contribution is 2.36. The monoisotopic (exact) mass is 186 g/mol. The number of carbonyl (C=O) groups excluding carboxylic acids is 1. The Morgan fingerprint density at radius 2 is 1.93 bits per heavy atom. The molecule has 0 radical (unpaired) electrons. The first-order valence-electron chi connectivity index (χ1n) is 5.00. The van der Waals surface area contributed by atoms with Crippen LogP contribution in [0.15, 0.2) is 30.3 Å². The zero-order chi connectivity index (χ0) is 10.1. The minimum absolute atomic E-state index is 0.449. The maximum Gasteiger partial charge on any atom is 0.150 e. The second kappa shape index (κ2) is 3.41. The van der Waals surface area contributed by atoms with Crippen molar-refractivity contribution >= 4 is 11.9 Å². The normalized spacial score (nSPS) is 25.1. The van der Waals surface area contributed by atoms with Gasteiger partial charge in [-0.2, -0.15) is 0 Å². The van der Waals surface area contributed by atoms with Crippen LogP contribution < -0.4 is 0 Å². The van der Waals surface area contributed by atoms with Crippen molar-refractivity contribution in [1.29, 1.82) is 0 Å². The van der Waals surface area contributed by atoms with Crippen LogP contribution in [0.25, 0.3) is 5.57 Å². The zero-order valence-corrected chi connectivity index (χ0v) is 8.53. The molecule has 0 heterocycles. The fraction of sp³-hybridized carbons (Fsp3) is 0.308. The van der Waals surface area contributed by atoms with E-state index in [1.807, 2.05) is 18.2 Å². The first-order valence-corrected chi connectivity index (χ1v) is 5.00. The van der Waals surface area contributed by atoms with E-state index >= 15 is 0 Å². The SMILES string of the molecule is CC1C=C(C=O)c2ccccc2C1C. The van der Waals surface area contributed by atoms with E-state index in [0.29, 0.717) is 11.8 Å². The summed E-state index contributed by atoms with van der Waals surface area (Å²) < 4.78 is 0. The average Bonchev–Trinajstić information content (AvgIpc) is 2.23. The van der Waals surface area contributed by atoms with Crippen molar-refractivity contribution in [2.75, 3.05) is 0 Å². The van der Waals surface area contributed by atoms with Crippen LogP contribution in [0.3, 0.4) is 0 Å². The summed E-state index contributed by atoms with van der Waals surface area (Å²) in [6.07, 6.45) is 3.03. The van der Waals surface area contributed by atoms with E-state index in [2.05, 4.69) is 26.0 Å². The molecule has 1 heteroatoms. The van der Waals surface area contributed by atoms with Crippen molar-refractivity contribution < 1.29 is 4.79 Å². The molecule has 1 nitrogen and oxygen atoms in total. The molecule has 0 saturated heterocycles. The van der Waals surface area contributed by atoms with Gasteiger partial charge < -0.3 is 0 Å². The summed E-state index contributed by atoms with van der Waals surface area (Å²) in [6.45, 7) is 4.37. The molecule has 72 valence electrons. The summed E-state index contributed by atoms with van der Waals surface area (Å²) in [5.74, 6) is 0.958. The molecule has 0 aliphatic heterocycles. The standard InChI is InChI=1S/C13H14O/c1-9-7-11(8-14)13-6-4-3-5-12(13)10(9)2/h3-10H,1-2H3. The lowest BCUT2D eigenvalue weighted by Gasteiger charge is -2.25. The molecule has 1 aliphatic carbocycles. The van der Waals surface area contributed by atoms with Crippen molar-refractivity contribution in [3.05, 3.63) is 41.5 Å². The van der Waals surface area contributed by atoms with Gasteiger partial charge in [-0.1, -0.05) is 44.2 Å². The third-order valence-corrected chi connectivity index (χ3v) is 3.12. The van der Waals surface area contributed by atoms with Gasteiger partial charge in [0.25, 0.3) is 0 Å². The predicted molar refractivity (Wildman–Crippen MR) is 58.1 cm³/mol. The third kappa shape index (κ3) is 1.29. The van der Waals surface area contributed by atoms with Gasteiger partial charge in [-0.25, -0.2) is 0 Å². The Bertz CT molecular complexity index is 390. The van der Waals surface area contributed by atoms with Gasteiger partial charge in [0, 0.05) is 5.57 Å². The van der Waals surface area contributed by atoms with Gasteiger partial charge in [0.2, 0.25) is 0 Å². The summed E-state index contributed by atoms with van der Waals surface area (Å²) >= 11 is 0. The van der Waals surface area contributed by atoms with Crippen LogP contribution in [0, 0.1) is 5.92 Å². The Morgan fingerprint density at radius 3 is 2.64 bits per heavy atom. The van der Waals surface area contributed by atoms with E-state index in [-0.39, 0.29) is 0 Å². The predicted octanol–water partition coefficient (Wildman–Crippen LogP) is 3.02. The lowest BCUT2D eigenvalue weighted by Crippen LogP contribution is -2.12. The highest BCUT2D eigenvalue weighted by Gasteiger charge is 2.22. The van der Waals surface area contributed by atoms with Gasteiger partial charge in [0.15, 0.2) is 0 Å². The molecule has 0 N–H and O–H groups in total. The molecule has 0 amide bonds. The Morgan fingerprint density at radius 1 is 1.21 bits per heavy atom. The second-order valence-corrected chi connectivity index (χ2v) is 3.97. The maximum absolute atomic E-state index is 10.9. The van der Waals surface area contributed by atoms with Crippen molar-refractivity contribution in [2.45, 2.75) is 19.8 Å². The van der Waals surface area contributed by atoms with E-state index in [0.717, 1.165) is 17.4 Å². The highest BCUT2D eigenvalue weighted by molar-refractivity contribution is 6.08. The minimum Gasteiger partial charge on any atom is -0.298 e. The average molecular weight is 186 g/mol. The highest BCUT2D eigenvalue weighted by atomic mass is 16.1. The quantitative estimate of drug-likeness (QED) is 0.616. The van der Waals surface area contributed by atoms with E-state index in [1.54, 1.807) is 0 Å². The zero-order valence-electron chi connectivity index (χ0n) is 8.53. The molecule has 14 heavy (non-hydrogen) atoms. The molecule has 0 saturated carbocycles. The molecule has 1 aliphatic rings. The molecule has 0 spiro atoms. The van der Waals surface area contributed by atoms with Crippen LogP contribution >= 0.6 is 0 Å². The van der Waals surface area contributed by atoms with Crippen molar-refractivity contribution in [3.8, 4) is 0 Å². The smallest absolute Gasteiger partial charge is 0.150 e. The topological polar surface area (TPSA) is 17.1 Å². The molecular weight excluding hydrogens is 172 g/mol. The first-order chi connectivity index (χ1) is 6.74. The van der Waals surface area contributed by atoms with Crippen molar-refractivity contribution in [1.82, 2.24) is 0 Å². The van der Waals surface area contributed by atoms with E-state index in [9.17, 15) is 4.79 Å². The second-order valence-electron chi connectivity index (χ2n) is 3.97. The van der Waals surface area contributed by atoms with Crippen LogP contribution in [0.4, 0.5) is 0 Å². The Hall–Kier alpha value is -1.37. The van der Waals surface area contributed by atoms with Gasteiger partial charge in [0.05, 0.1) is 0 Å². The van der Waals surface area contributed by atoms with E-state index < -0.39 is 0 Å². The number of carbonyl (C=O) groups is 1. The molecule has 1 aromatic carbocycles. The number of rotatable bonds is 1. The molecule has 0 aromatic heterocycles. The summed E-state index contributed by atoms with van der Waals surface area (Å²) in [7, 11) is 0. The van der Waals surface area contributed by atoms with Crippen molar-refractivity contribution in [2.24, 2.45) is 5.92 Å². The molecule has 2 atom stereocenters. The van der Waals surface area contributed by atoms with E-state index in [1.165, 1.54) is 5.56 Å². The number of aldehydes is 1. The number of allylic oxidation sites excluding steroid dienone is 2. The third-order valence-electron chi connectivity index (χ3n) is 3.12. The largest absolute Gasteiger partial charge is 0.298 e. The molecular formula is C13H14O. The fourth-order valence-electron chi connectivity index (χ4n) is 2.06. The van der Waals surface area contributed by atoms with Crippen LogP contribution in [-0.2, 0) is 4.79 Å². The molecule has 0 fully saturated rings. The number of benzene rings is 1. The summed E-state index contributed by atoms with van der Waals surface area (Å²) in [5, 5.41) is 0. The molecule has 2 rings (SSSR count). The number of hydrogen-bond donors (Lipinski definition) is 0. The lowest BCUT2D eigenvalue weighted by molar-refractivity contribution is -0.103. The first kappa shape index (κ1) is 9.20. The van der Waals surface area contributed by atoms with Crippen molar-refractivity contribution in [3.63, 3.8) is 0 Å². The lowest BCUT2D eigenvalue weighted by atomic mass is 9.78. The van der Waals surface area contributed by atoms with E-state index in [4.69, 9.17) is 0 Å². The molecule has 0 bridgehead atoms. The Balaban J connectivity index is 2.60. The van der Waals surface area contributed by atoms with Crippen LogP contribution in [0.1, 0.15) is 30.9 Å². The number of fused-ring (bicyclic) bond motifs is 1. The van der Waals surface area contributed by atoms with Gasteiger partial charge in [-0.3, -0.25) is 4.79 Å². The van der Waals surface area contributed by atoms with Gasteiger partial charge in [0.1, 0.15) is 6.29 Å². The number of hydrogen-bond acceptors (Lipinski definition) is 1. The summed E-state index contributed by atoms with van der Waals surface area (Å²) in [5.41, 5.74) is 3.24. The Kier molecular flexibility index (Phi) is 2.24. The summed E-state index contributed by atoms with van der Waals surface area (Å²) in [6, 6.07) is 8.17. The fourth-order valence-corrected chi connectivity index (χ4v) is 2.06. The molecule has 2 unspecified atom stereocenters. The van der Waals surface area contributed by atoms with Crippen LogP contribution in [0.2, 0.25) is 0 Å². The van der Waals surface area contributed by atoms with Crippen LogP contribution in [-0.4, -0.2) is 6.29 Å². The van der Waals surface area contributed by atoms with Gasteiger partial charge in [-0.15, -0.1) is 0 Å².